The molecule has 0 aliphatic rings. The second-order valence-corrected chi connectivity index (χ2v) is 4.38. The number of carboxylic acids is 1. The molecule has 0 aliphatic heterocycles. The highest BCUT2D eigenvalue weighted by Crippen LogP contribution is 2.18. The summed E-state index contributed by atoms with van der Waals surface area (Å²) in [6, 6.07) is 15.7. The molecule has 2 aromatic carbocycles. The number of benzene rings is 2. The van der Waals surface area contributed by atoms with Gasteiger partial charge in [0.1, 0.15) is 0 Å². The van der Waals surface area contributed by atoms with Gasteiger partial charge in [0.05, 0.1) is 5.92 Å². The maximum Gasteiger partial charge on any atom is 0.310 e. The van der Waals surface area contributed by atoms with Gasteiger partial charge in [-0.3, -0.25) is 9.59 Å². The number of ketones is 1. The minimum absolute atomic E-state index is 0. The van der Waals surface area contributed by atoms with Crippen LogP contribution in [0.2, 0.25) is 0 Å². The first-order valence-corrected chi connectivity index (χ1v) is 6.02. The van der Waals surface area contributed by atoms with E-state index in [0.29, 0.717) is 16.7 Å². The summed E-state index contributed by atoms with van der Waals surface area (Å²) in [6.45, 7) is 1.61. The maximum absolute atomic E-state index is 12.2. The quantitative estimate of drug-likeness (QED) is 0.689. The Morgan fingerprint density at radius 3 is 2.15 bits per heavy atom. The van der Waals surface area contributed by atoms with E-state index in [9.17, 15) is 9.59 Å². The lowest BCUT2D eigenvalue weighted by Gasteiger charge is -2.08. The summed E-state index contributed by atoms with van der Waals surface area (Å²) in [4.78, 5) is 23.2. The molecule has 1 unspecified atom stereocenters. The first-order valence-electron chi connectivity index (χ1n) is 6.02. The number of hydrogen-bond acceptors (Lipinski definition) is 2. The van der Waals surface area contributed by atoms with Gasteiger partial charge in [-0.15, -0.1) is 0 Å². The summed E-state index contributed by atoms with van der Waals surface area (Å²) in [6.07, 6.45) is 0. The topological polar surface area (TPSA) is 54.4 Å². The van der Waals surface area contributed by atoms with Crippen molar-refractivity contribution >= 4 is 29.1 Å². The summed E-state index contributed by atoms with van der Waals surface area (Å²) in [7, 11) is 0. The smallest absolute Gasteiger partial charge is 0.310 e. The third-order valence-electron chi connectivity index (χ3n) is 3.06. The van der Waals surface area contributed by atoms with Gasteiger partial charge in [-0.2, -0.15) is 0 Å². The van der Waals surface area contributed by atoms with Crippen LogP contribution in [0.4, 0.5) is 0 Å². The third kappa shape index (κ3) is 3.57. The summed E-state index contributed by atoms with van der Waals surface area (Å²) in [5.41, 5.74) is 1.74. The first-order chi connectivity index (χ1) is 9.09. The van der Waals surface area contributed by atoms with Gasteiger partial charge in [0, 0.05) is 11.1 Å². The van der Waals surface area contributed by atoms with E-state index in [1.807, 2.05) is 6.07 Å². The monoisotopic (exact) mass is 284 g/mol. The molecule has 0 saturated carbocycles. The molecule has 0 aliphatic carbocycles. The van der Waals surface area contributed by atoms with Crippen molar-refractivity contribution in [3.8, 4) is 0 Å². The standard InChI is InChI=1S/C16H14O3.Al.3H/c1-11(16(18)19)13-8-5-9-14(10-13)15(17)12-6-3-2-4-7-12;;;;/h2-11H,1H3,(H,18,19);;;;. The van der Waals surface area contributed by atoms with Crippen LogP contribution in [0, 0.1) is 0 Å². The molecule has 4 heteroatoms. The molecule has 3 nitrogen and oxygen atoms in total. The number of carbonyl (C=O) groups excluding carboxylic acids is 1. The number of carbonyl (C=O) groups is 2. The van der Waals surface area contributed by atoms with Crippen LogP contribution < -0.4 is 0 Å². The molecule has 2 aromatic rings. The lowest BCUT2D eigenvalue weighted by atomic mass is 9.96. The van der Waals surface area contributed by atoms with Crippen LogP contribution in [0.25, 0.3) is 0 Å². The molecule has 0 heterocycles. The molecule has 0 radical (unpaired) electrons. The summed E-state index contributed by atoms with van der Waals surface area (Å²) < 4.78 is 0. The van der Waals surface area contributed by atoms with Crippen LogP contribution in [0.5, 0.6) is 0 Å². The lowest BCUT2D eigenvalue weighted by molar-refractivity contribution is -0.138. The average Bonchev–Trinajstić information content (AvgIpc) is 2.46. The van der Waals surface area contributed by atoms with Crippen LogP contribution in [-0.2, 0) is 4.79 Å². The number of hydrogen-bond donors (Lipinski definition) is 1. The predicted octanol–water partition coefficient (Wildman–Crippen LogP) is 1.92. The van der Waals surface area contributed by atoms with E-state index >= 15 is 0 Å². The van der Waals surface area contributed by atoms with E-state index in [2.05, 4.69) is 0 Å². The summed E-state index contributed by atoms with van der Waals surface area (Å²) in [5.74, 6) is -1.62. The Bertz CT molecular complexity index is 608. The van der Waals surface area contributed by atoms with Crippen molar-refractivity contribution < 1.29 is 14.7 Å². The lowest BCUT2D eigenvalue weighted by Crippen LogP contribution is -2.09. The van der Waals surface area contributed by atoms with Crippen molar-refractivity contribution in [2.24, 2.45) is 0 Å². The summed E-state index contributed by atoms with van der Waals surface area (Å²) in [5, 5.41) is 9.00. The average molecular weight is 284 g/mol. The molecule has 1 N–H and O–H groups in total. The normalized spacial score (nSPS) is 11.2. The Kier molecular flexibility index (Phi) is 5.69. The fourth-order valence-electron chi connectivity index (χ4n) is 1.85. The van der Waals surface area contributed by atoms with Crippen molar-refractivity contribution in [2.45, 2.75) is 12.8 Å². The van der Waals surface area contributed by atoms with E-state index in [0.717, 1.165) is 0 Å². The number of aliphatic carboxylic acids is 1. The molecule has 20 heavy (non-hydrogen) atoms. The molecule has 0 amide bonds. The zero-order chi connectivity index (χ0) is 13.8. The van der Waals surface area contributed by atoms with Gasteiger partial charge >= 0.3 is 5.97 Å². The van der Waals surface area contributed by atoms with E-state index in [1.54, 1.807) is 55.5 Å². The van der Waals surface area contributed by atoms with Crippen LogP contribution in [-0.4, -0.2) is 34.2 Å². The van der Waals surface area contributed by atoms with Gasteiger partial charge in [-0.05, 0) is 18.6 Å². The Morgan fingerprint density at radius 2 is 1.55 bits per heavy atom. The van der Waals surface area contributed by atoms with E-state index in [-0.39, 0.29) is 23.1 Å². The molecule has 0 aromatic heterocycles. The molecule has 0 bridgehead atoms. The largest absolute Gasteiger partial charge is 0.481 e. The molecular weight excluding hydrogens is 267 g/mol. The van der Waals surface area contributed by atoms with Crippen LogP contribution in [0.1, 0.15) is 34.3 Å². The van der Waals surface area contributed by atoms with E-state index in [4.69, 9.17) is 5.11 Å². The van der Waals surface area contributed by atoms with Crippen molar-refractivity contribution in [2.75, 3.05) is 0 Å². The van der Waals surface area contributed by atoms with Gasteiger partial charge in [-0.25, -0.2) is 0 Å². The second kappa shape index (κ2) is 7.04. The maximum atomic E-state index is 12.2. The van der Waals surface area contributed by atoms with Gasteiger partial charge < -0.3 is 5.11 Å². The van der Waals surface area contributed by atoms with E-state index in [1.165, 1.54) is 0 Å². The Morgan fingerprint density at radius 1 is 0.950 bits per heavy atom. The van der Waals surface area contributed by atoms with Crippen LogP contribution in [0.15, 0.2) is 54.6 Å². The fourth-order valence-corrected chi connectivity index (χ4v) is 1.85. The highest BCUT2D eigenvalue weighted by atomic mass is 27.0. The zero-order valence-electron chi connectivity index (χ0n) is 10.5. The molecule has 1 atom stereocenters. The van der Waals surface area contributed by atoms with Gasteiger partial charge in [0.15, 0.2) is 23.1 Å². The van der Waals surface area contributed by atoms with Crippen molar-refractivity contribution in [3.05, 3.63) is 71.3 Å². The SMILES string of the molecule is CC(C(=O)O)c1cccc(C(=O)c2ccccc2)c1.[AlH3]. The Labute approximate surface area is 128 Å². The number of carboxylic acid groups (broad SMARTS) is 1. The minimum atomic E-state index is -0.899. The van der Waals surface area contributed by atoms with Gasteiger partial charge in [0.2, 0.25) is 0 Å². The molecular formula is C16H17AlO3. The molecule has 102 valence electrons. The fraction of sp³-hybridized carbons (Fsp3) is 0.125. The van der Waals surface area contributed by atoms with Crippen LogP contribution in [0.3, 0.4) is 0 Å². The first kappa shape index (κ1) is 16.2. The summed E-state index contributed by atoms with van der Waals surface area (Å²) >= 11 is 0. The predicted molar refractivity (Wildman–Crippen MR) is 82.3 cm³/mol. The van der Waals surface area contributed by atoms with Crippen molar-refractivity contribution in [1.29, 1.82) is 0 Å². The van der Waals surface area contributed by atoms with Crippen molar-refractivity contribution in [1.82, 2.24) is 0 Å². The second-order valence-electron chi connectivity index (χ2n) is 4.38. The van der Waals surface area contributed by atoms with Gasteiger partial charge in [0.25, 0.3) is 0 Å². The molecule has 2 rings (SSSR count). The van der Waals surface area contributed by atoms with Crippen LogP contribution >= 0.6 is 0 Å². The minimum Gasteiger partial charge on any atom is -0.481 e. The highest BCUT2D eigenvalue weighted by Gasteiger charge is 2.16. The Balaban J connectivity index is 0.00000200. The molecule has 0 fully saturated rings. The zero-order valence-corrected chi connectivity index (χ0v) is 10.5. The van der Waals surface area contributed by atoms with Crippen molar-refractivity contribution in [3.63, 3.8) is 0 Å². The van der Waals surface area contributed by atoms with Gasteiger partial charge in [-0.1, -0.05) is 48.5 Å². The third-order valence-corrected chi connectivity index (χ3v) is 3.06. The Hall–Kier alpha value is -1.89. The van der Waals surface area contributed by atoms with E-state index < -0.39 is 11.9 Å². The number of rotatable bonds is 4. The molecule has 0 spiro atoms. The highest BCUT2D eigenvalue weighted by molar-refractivity contribution is 6.09. The molecule has 0 saturated heterocycles.